The second-order valence-electron chi connectivity index (χ2n) is 9.82. The molecule has 1 aliphatic heterocycles. The summed E-state index contributed by atoms with van der Waals surface area (Å²) in [4.78, 5) is 16.3. The molecule has 1 unspecified atom stereocenters. The van der Waals surface area contributed by atoms with Crippen LogP contribution < -0.4 is 0 Å². The van der Waals surface area contributed by atoms with Gasteiger partial charge in [0.2, 0.25) is 0 Å². The van der Waals surface area contributed by atoms with E-state index in [4.69, 9.17) is 0 Å². The van der Waals surface area contributed by atoms with Crippen molar-refractivity contribution in [2.24, 2.45) is 5.41 Å². The van der Waals surface area contributed by atoms with E-state index in [2.05, 4.69) is 71.6 Å². The monoisotopic (exact) mass is 371 g/mol. The predicted octanol–water partition coefficient (Wildman–Crippen LogP) is 6.65. The Morgan fingerprint density at radius 1 is 1.07 bits per heavy atom. The van der Waals surface area contributed by atoms with Crippen LogP contribution in [0.5, 0.6) is 0 Å². The maximum absolute atomic E-state index is 13.8. The van der Waals surface area contributed by atoms with E-state index in [1.165, 1.54) is 36.0 Å². The first-order valence-corrected chi connectivity index (χ1v) is 11.0. The van der Waals surface area contributed by atoms with Gasteiger partial charge in [-0.15, -0.1) is 0 Å². The Morgan fingerprint density at radius 2 is 1.78 bits per heavy atom. The number of fused-ring (bicyclic) bond motifs is 1. The molecule has 1 aromatic carbocycles. The largest absolute Gasteiger partial charge is 0.297 e. The summed E-state index contributed by atoms with van der Waals surface area (Å²) >= 11 is 0. The smallest absolute Gasteiger partial charge is 0.160 e. The number of nitrogens with zero attached hydrogens (tertiary/aromatic N) is 1. The number of unbranched alkanes of at least 4 members (excludes halogenated alkanes) is 2. The second-order valence-corrected chi connectivity index (χ2v) is 9.82. The average Bonchev–Trinajstić information content (AvgIpc) is 2.59. The number of carbonyl (C=O) groups is 1. The van der Waals surface area contributed by atoms with Crippen LogP contribution in [0, 0.1) is 12.3 Å². The average molecular weight is 372 g/mol. The van der Waals surface area contributed by atoms with E-state index in [1.807, 2.05) is 0 Å². The van der Waals surface area contributed by atoms with Crippen molar-refractivity contribution in [1.82, 2.24) is 4.90 Å². The summed E-state index contributed by atoms with van der Waals surface area (Å²) in [7, 11) is 0. The molecule has 152 valence electrons. The van der Waals surface area contributed by atoms with Gasteiger partial charge in [-0.1, -0.05) is 77.1 Å². The molecule has 0 spiro atoms. The van der Waals surface area contributed by atoms with E-state index >= 15 is 0 Å². The van der Waals surface area contributed by atoms with E-state index in [1.54, 1.807) is 0 Å². The second kappa shape index (κ2) is 8.90. The molecule has 0 saturated heterocycles. The molecule has 0 N–H and O–H groups in total. The van der Waals surface area contributed by atoms with Gasteiger partial charge < -0.3 is 0 Å². The number of aryl methyl sites for hydroxylation is 1. The number of hydrogen-bond acceptors (Lipinski definition) is 2. The molecule has 0 radical (unpaired) electrons. The van der Waals surface area contributed by atoms with E-state index in [9.17, 15) is 4.79 Å². The molecule has 27 heavy (non-hydrogen) atoms. The highest BCUT2D eigenvalue weighted by molar-refractivity contribution is 5.90. The lowest BCUT2D eigenvalue weighted by Crippen LogP contribution is -2.53. The zero-order valence-corrected chi connectivity index (χ0v) is 18.8. The van der Waals surface area contributed by atoms with Crippen molar-refractivity contribution < 1.29 is 4.79 Å². The van der Waals surface area contributed by atoms with Gasteiger partial charge in [-0.25, -0.2) is 0 Å². The third-order valence-electron chi connectivity index (χ3n) is 6.49. The normalized spacial score (nSPS) is 18.4. The Kier molecular flexibility index (Phi) is 7.30. The number of rotatable bonds is 9. The van der Waals surface area contributed by atoms with Crippen LogP contribution in [0.4, 0.5) is 0 Å². The molecular formula is C25H41NO. The summed E-state index contributed by atoms with van der Waals surface area (Å²) < 4.78 is 0. The number of Topliss-reactive ketones (excluding diaryl/α,β-unsaturated/α-hetero) is 1. The molecular weight excluding hydrogens is 330 g/mol. The topological polar surface area (TPSA) is 20.3 Å². The van der Waals surface area contributed by atoms with Crippen LogP contribution in [-0.4, -0.2) is 22.8 Å². The van der Waals surface area contributed by atoms with Gasteiger partial charge in [-0.2, -0.15) is 0 Å². The molecule has 1 atom stereocenters. The number of hydrogen-bond donors (Lipinski definition) is 0. The lowest BCUT2D eigenvalue weighted by atomic mass is 9.74. The fourth-order valence-corrected chi connectivity index (χ4v) is 4.76. The van der Waals surface area contributed by atoms with Gasteiger partial charge in [-0.3, -0.25) is 9.69 Å². The van der Waals surface area contributed by atoms with Crippen LogP contribution in [0.1, 0.15) is 103 Å². The Morgan fingerprint density at radius 3 is 2.41 bits per heavy atom. The van der Waals surface area contributed by atoms with E-state index in [0.717, 1.165) is 32.2 Å². The minimum atomic E-state index is -0.281. The third-order valence-corrected chi connectivity index (χ3v) is 6.49. The highest BCUT2D eigenvalue weighted by Crippen LogP contribution is 2.42. The molecule has 1 aliphatic rings. The fourth-order valence-electron chi connectivity index (χ4n) is 4.76. The summed E-state index contributed by atoms with van der Waals surface area (Å²) in [5.74, 6) is 0.401. The first kappa shape index (κ1) is 22.1. The van der Waals surface area contributed by atoms with Crippen molar-refractivity contribution in [2.75, 3.05) is 6.54 Å². The van der Waals surface area contributed by atoms with Gasteiger partial charge in [-0.05, 0) is 51.2 Å². The van der Waals surface area contributed by atoms with E-state index in [0.29, 0.717) is 5.78 Å². The standard InChI is InChI=1S/C25H41NO/c1-8-10-11-16-25(6,7)26-17-14-20-18-19(3)12-13-21(20)22(26)23(27)24(4,5)15-9-2/h12-13,18,22H,8-11,14-17H2,1-7H3. The Hall–Kier alpha value is -1.15. The van der Waals surface area contributed by atoms with Crippen molar-refractivity contribution in [2.45, 2.75) is 105 Å². The lowest BCUT2D eigenvalue weighted by Gasteiger charge is -2.48. The number of benzene rings is 1. The molecule has 1 aromatic rings. The summed E-state index contributed by atoms with van der Waals surface area (Å²) in [5, 5.41) is 0. The lowest BCUT2D eigenvalue weighted by molar-refractivity contribution is -0.136. The molecule has 2 rings (SSSR count). The minimum Gasteiger partial charge on any atom is -0.297 e. The molecule has 0 fully saturated rings. The highest BCUT2D eigenvalue weighted by atomic mass is 16.1. The molecule has 0 aliphatic carbocycles. The molecule has 0 saturated carbocycles. The van der Waals surface area contributed by atoms with Gasteiger partial charge in [0.25, 0.3) is 0 Å². The van der Waals surface area contributed by atoms with Crippen LogP contribution in [0.3, 0.4) is 0 Å². The molecule has 0 aromatic heterocycles. The van der Waals surface area contributed by atoms with Gasteiger partial charge in [0.05, 0.1) is 6.04 Å². The molecule has 0 bridgehead atoms. The van der Waals surface area contributed by atoms with Crippen LogP contribution in [-0.2, 0) is 11.2 Å². The van der Waals surface area contributed by atoms with E-state index in [-0.39, 0.29) is 17.0 Å². The van der Waals surface area contributed by atoms with Crippen LogP contribution >= 0.6 is 0 Å². The summed E-state index contributed by atoms with van der Waals surface area (Å²) in [5.41, 5.74) is 3.69. The quantitative estimate of drug-likeness (QED) is 0.453. The SMILES string of the molecule is CCCCCC(C)(C)N1CCc2cc(C)ccc2C1C(=O)C(C)(C)CCC. The Bertz CT molecular complexity index is 644. The van der Waals surface area contributed by atoms with Crippen molar-refractivity contribution in [3.63, 3.8) is 0 Å². The van der Waals surface area contributed by atoms with Gasteiger partial charge in [0.15, 0.2) is 5.78 Å². The maximum atomic E-state index is 13.8. The van der Waals surface area contributed by atoms with Gasteiger partial charge >= 0.3 is 0 Å². The number of carbonyl (C=O) groups excluding carboxylic acids is 1. The predicted molar refractivity (Wildman–Crippen MR) is 116 cm³/mol. The Labute approximate surface area is 167 Å². The van der Waals surface area contributed by atoms with Crippen LogP contribution in [0.25, 0.3) is 0 Å². The summed E-state index contributed by atoms with van der Waals surface area (Å²) in [6.45, 7) is 16.5. The van der Waals surface area contributed by atoms with Crippen LogP contribution in [0.2, 0.25) is 0 Å². The summed E-state index contributed by atoms with van der Waals surface area (Å²) in [6.07, 6.45) is 7.95. The zero-order chi connectivity index (χ0) is 20.2. The fraction of sp³-hybridized carbons (Fsp3) is 0.720. The first-order valence-electron chi connectivity index (χ1n) is 11.0. The Balaban J connectivity index is 2.43. The van der Waals surface area contributed by atoms with Crippen LogP contribution in [0.15, 0.2) is 18.2 Å². The molecule has 2 nitrogen and oxygen atoms in total. The van der Waals surface area contributed by atoms with Gasteiger partial charge in [0.1, 0.15) is 0 Å². The minimum absolute atomic E-state index is 0.0420. The van der Waals surface area contributed by atoms with Crippen molar-refractivity contribution in [3.8, 4) is 0 Å². The van der Waals surface area contributed by atoms with E-state index < -0.39 is 0 Å². The van der Waals surface area contributed by atoms with Gasteiger partial charge in [0, 0.05) is 17.5 Å². The first-order chi connectivity index (χ1) is 12.6. The molecule has 2 heteroatoms. The molecule has 0 amide bonds. The molecule has 1 heterocycles. The summed E-state index contributed by atoms with van der Waals surface area (Å²) in [6, 6.07) is 6.60. The third kappa shape index (κ3) is 5.02. The highest BCUT2D eigenvalue weighted by Gasteiger charge is 2.44. The van der Waals surface area contributed by atoms with Crippen molar-refractivity contribution >= 4 is 5.78 Å². The van der Waals surface area contributed by atoms with Crippen molar-refractivity contribution in [3.05, 3.63) is 34.9 Å². The van der Waals surface area contributed by atoms with Crippen molar-refractivity contribution in [1.29, 1.82) is 0 Å². The zero-order valence-electron chi connectivity index (χ0n) is 18.8. The number of ketones is 1. The maximum Gasteiger partial charge on any atom is 0.160 e.